The molecule has 0 atom stereocenters. The summed E-state index contributed by atoms with van der Waals surface area (Å²) in [6.07, 6.45) is 0. The third kappa shape index (κ3) is 4.73. The molecule has 0 N–H and O–H groups in total. The molecule has 0 bridgehead atoms. The minimum absolute atomic E-state index is 0.857. The normalized spacial score (nSPS) is 11.4. The number of rotatable bonds is 5. The minimum Gasteiger partial charge on any atom is -0.496 e. The van der Waals surface area contributed by atoms with E-state index < -0.39 is 7.92 Å². The quantitative estimate of drug-likeness (QED) is 0.205. The molecule has 0 spiro atoms. The monoisotopic (exact) mass is 524 g/mol. The van der Waals surface area contributed by atoms with Crippen molar-refractivity contribution >= 4 is 45.4 Å². The average Bonchev–Trinajstić information content (AvgIpc) is 2.91. The Morgan fingerprint density at radius 2 is 0.949 bits per heavy atom. The molecule has 0 fully saturated rings. The number of fused-ring (bicyclic) bond motifs is 2. The summed E-state index contributed by atoms with van der Waals surface area (Å²) in [6.45, 7) is 8.84. The summed E-state index contributed by atoms with van der Waals surface area (Å²) in [7, 11) is 0.930. The Hall–Kier alpha value is -3.93. The Kier molecular flexibility index (Phi) is 6.71. The number of aryl methyl sites for hydroxylation is 4. The summed E-state index contributed by atoms with van der Waals surface area (Å²) < 4.78 is 6.09. The number of hydrogen-bond donors (Lipinski definition) is 0. The van der Waals surface area contributed by atoms with Gasteiger partial charge in [0, 0.05) is 11.1 Å². The van der Waals surface area contributed by atoms with Crippen LogP contribution in [0.2, 0.25) is 0 Å². The maximum absolute atomic E-state index is 6.09. The molecule has 0 radical (unpaired) electrons. The van der Waals surface area contributed by atoms with E-state index in [0.29, 0.717) is 0 Å². The van der Waals surface area contributed by atoms with Crippen LogP contribution in [0, 0.1) is 27.7 Å². The Morgan fingerprint density at radius 3 is 1.46 bits per heavy atom. The molecular weight excluding hydrogens is 491 g/mol. The van der Waals surface area contributed by atoms with Crippen molar-refractivity contribution < 1.29 is 4.74 Å². The van der Waals surface area contributed by atoms with Gasteiger partial charge in [-0.25, -0.2) is 0 Å². The van der Waals surface area contributed by atoms with Crippen molar-refractivity contribution in [2.24, 2.45) is 0 Å². The van der Waals surface area contributed by atoms with Gasteiger partial charge in [-0.15, -0.1) is 0 Å². The van der Waals surface area contributed by atoms with Gasteiger partial charge in [-0.2, -0.15) is 0 Å². The highest BCUT2D eigenvalue weighted by atomic mass is 31.1. The SMILES string of the molecule is COc1ccc2ccccc2c1-c1c(P(c2cc(C)cc(C)c2)c2cc(C)cc(C)c2)ccc2ccccc12. The highest BCUT2D eigenvalue weighted by Crippen LogP contribution is 2.45. The van der Waals surface area contributed by atoms with Gasteiger partial charge in [0.15, 0.2) is 0 Å². The molecule has 1 nitrogen and oxygen atoms in total. The third-order valence-corrected chi connectivity index (χ3v) is 9.84. The van der Waals surface area contributed by atoms with Crippen molar-refractivity contribution in [3.63, 3.8) is 0 Å². The first-order valence-electron chi connectivity index (χ1n) is 13.5. The Bertz CT molecular complexity index is 1760. The third-order valence-electron chi connectivity index (χ3n) is 7.44. The lowest BCUT2D eigenvalue weighted by molar-refractivity contribution is 0.417. The van der Waals surface area contributed by atoms with Crippen molar-refractivity contribution in [3.05, 3.63) is 131 Å². The van der Waals surface area contributed by atoms with Gasteiger partial charge in [0.05, 0.1) is 7.11 Å². The zero-order valence-corrected chi connectivity index (χ0v) is 24.1. The molecule has 0 aliphatic rings. The van der Waals surface area contributed by atoms with Crippen molar-refractivity contribution in [1.29, 1.82) is 0 Å². The highest BCUT2D eigenvalue weighted by Gasteiger charge is 2.25. The standard InChI is InChI=1S/C37H33OP/c1-24-18-25(2)21-30(20-24)39(31-22-26(3)19-27(4)23-31)35-17-15-29-11-7-9-13-33(29)37(35)36-32-12-8-6-10-28(32)14-16-34(36)38-5/h6-23H,1-5H3. The van der Waals surface area contributed by atoms with Gasteiger partial charge in [-0.05, 0) is 79.1 Å². The minimum atomic E-state index is -0.857. The van der Waals surface area contributed by atoms with Crippen LogP contribution in [0.15, 0.2) is 109 Å². The van der Waals surface area contributed by atoms with Gasteiger partial charge >= 0.3 is 0 Å². The molecule has 192 valence electrons. The van der Waals surface area contributed by atoms with Crippen molar-refractivity contribution in [3.8, 4) is 16.9 Å². The van der Waals surface area contributed by atoms with E-state index in [1.165, 1.54) is 70.8 Å². The van der Waals surface area contributed by atoms with Gasteiger partial charge in [0.2, 0.25) is 0 Å². The van der Waals surface area contributed by atoms with Crippen LogP contribution >= 0.6 is 7.92 Å². The van der Waals surface area contributed by atoms with Gasteiger partial charge in [0.1, 0.15) is 5.75 Å². The van der Waals surface area contributed by atoms with Crippen LogP contribution in [0.3, 0.4) is 0 Å². The number of hydrogen-bond acceptors (Lipinski definition) is 1. The topological polar surface area (TPSA) is 9.23 Å². The van der Waals surface area contributed by atoms with Gasteiger partial charge < -0.3 is 4.74 Å². The zero-order chi connectivity index (χ0) is 27.1. The predicted molar refractivity (Wildman–Crippen MR) is 171 cm³/mol. The first kappa shape index (κ1) is 25.4. The molecule has 0 aliphatic heterocycles. The van der Waals surface area contributed by atoms with Crippen LogP contribution in [0.1, 0.15) is 22.3 Å². The van der Waals surface area contributed by atoms with Gasteiger partial charge in [-0.1, -0.05) is 125 Å². The molecule has 0 aliphatic carbocycles. The first-order chi connectivity index (χ1) is 18.9. The summed E-state index contributed by atoms with van der Waals surface area (Å²) in [5.41, 5.74) is 7.63. The van der Waals surface area contributed by atoms with Crippen LogP contribution in [0.5, 0.6) is 5.75 Å². The first-order valence-corrected chi connectivity index (χ1v) is 14.8. The van der Waals surface area contributed by atoms with Crippen LogP contribution < -0.4 is 20.7 Å². The molecule has 39 heavy (non-hydrogen) atoms. The zero-order valence-electron chi connectivity index (χ0n) is 23.2. The lowest BCUT2D eigenvalue weighted by atomic mass is 9.93. The summed E-state index contributed by atoms with van der Waals surface area (Å²) in [5, 5.41) is 9.03. The molecule has 6 aromatic rings. The van der Waals surface area contributed by atoms with Gasteiger partial charge in [-0.3, -0.25) is 0 Å². The number of methoxy groups -OCH3 is 1. The highest BCUT2D eigenvalue weighted by molar-refractivity contribution is 7.80. The molecule has 2 heteroatoms. The molecule has 0 unspecified atom stereocenters. The molecule has 6 rings (SSSR count). The van der Waals surface area contributed by atoms with E-state index in [9.17, 15) is 0 Å². The van der Waals surface area contributed by atoms with E-state index in [2.05, 4.69) is 137 Å². The van der Waals surface area contributed by atoms with E-state index in [-0.39, 0.29) is 0 Å². The second kappa shape index (κ2) is 10.3. The Balaban J connectivity index is 1.79. The van der Waals surface area contributed by atoms with Crippen molar-refractivity contribution in [2.45, 2.75) is 27.7 Å². The molecule has 6 aromatic carbocycles. The maximum Gasteiger partial charge on any atom is 0.127 e. The summed E-state index contributed by atoms with van der Waals surface area (Å²) in [5.74, 6) is 0.905. The second-order valence-corrected chi connectivity index (χ2v) is 12.8. The lowest BCUT2D eigenvalue weighted by Gasteiger charge is -2.26. The van der Waals surface area contributed by atoms with Gasteiger partial charge in [0.25, 0.3) is 0 Å². The van der Waals surface area contributed by atoms with Crippen LogP contribution in [-0.4, -0.2) is 7.11 Å². The summed E-state index contributed by atoms with van der Waals surface area (Å²) >= 11 is 0. The predicted octanol–water partition coefficient (Wildman–Crippen LogP) is 8.66. The molecule has 0 amide bonds. The van der Waals surface area contributed by atoms with E-state index in [1.807, 2.05) is 0 Å². The fourth-order valence-electron chi connectivity index (χ4n) is 5.98. The summed E-state index contributed by atoms with van der Waals surface area (Å²) in [6, 6.07) is 40.5. The Morgan fingerprint density at radius 1 is 0.487 bits per heavy atom. The van der Waals surface area contributed by atoms with E-state index in [1.54, 1.807) is 7.11 Å². The average molecular weight is 525 g/mol. The van der Waals surface area contributed by atoms with E-state index in [0.717, 1.165) is 5.75 Å². The van der Waals surface area contributed by atoms with Crippen molar-refractivity contribution in [1.82, 2.24) is 0 Å². The van der Waals surface area contributed by atoms with E-state index in [4.69, 9.17) is 4.74 Å². The van der Waals surface area contributed by atoms with Crippen LogP contribution in [0.4, 0.5) is 0 Å². The number of ether oxygens (including phenoxy) is 1. The summed E-state index contributed by atoms with van der Waals surface area (Å²) in [4.78, 5) is 0. The molecular formula is C37H33OP. The van der Waals surface area contributed by atoms with Crippen molar-refractivity contribution in [2.75, 3.05) is 7.11 Å². The molecule has 0 heterocycles. The number of benzene rings is 6. The maximum atomic E-state index is 6.09. The molecule has 0 saturated heterocycles. The largest absolute Gasteiger partial charge is 0.496 e. The smallest absolute Gasteiger partial charge is 0.127 e. The second-order valence-electron chi connectivity index (χ2n) is 10.6. The fourth-order valence-corrected chi connectivity index (χ4v) is 8.84. The molecule has 0 aromatic heterocycles. The van der Waals surface area contributed by atoms with Crippen LogP contribution in [-0.2, 0) is 0 Å². The fraction of sp³-hybridized carbons (Fsp3) is 0.135. The van der Waals surface area contributed by atoms with Crippen LogP contribution in [0.25, 0.3) is 32.7 Å². The molecule has 0 saturated carbocycles. The Labute approximate surface area is 232 Å². The van der Waals surface area contributed by atoms with E-state index >= 15 is 0 Å². The lowest BCUT2D eigenvalue weighted by Crippen LogP contribution is -2.23.